The van der Waals surface area contributed by atoms with Crippen molar-refractivity contribution in [2.24, 2.45) is 0 Å². The van der Waals surface area contributed by atoms with Gasteiger partial charge in [-0.15, -0.1) is 0 Å². The number of amides is 1. The Morgan fingerprint density at radius 3 is 2.55 bits per heavy atom. The minimum Gasteiger partial charge on any atom is -0.486 e. The highest BCUT2D eigenvalue weighted by Crippen LogP contribution is 2.39. The highest BCUT2D eigenvalue weighted by molar-refractivity contribution is 5.97. The van der Waals surface area contributed by atoms with E-state index in [0.29, 0.717) is 31.9 Å². The average Bonchev–Trinajstić information content (AvgIpc) is 3.44. The highest BCUT2D eigenvalue weighted by atomic mass is 16.6. The van der Waals surface area contributed by atoms with Gasteiger partial charge in [0.2, 0.25) is 5.91 Å². The molecule has 166 valence electrons. The number of carbonyl (C=O) groups excluding carboxylic acids is 1. The molecule has 2 atom stereocenters. The molecule has 0 radical (unpaired) electrons. The monoisotopic (exact) mass is 439 g/mol. The van der Waals surface area contributed by atoms with Gasteiger partial charge < -0.3 is 18.9 Å². The summed E-state index contributed by atoms with van der Waals surface area (Å²) in [5, 5.41) is 0. The molecule has 1 amide bonds. The van der Waals surface area contributed by atoms with Crippen molar-refractivity contribution < 1.29 is 14.3 Å². The van der Waals surface area contributed by atoms with E-state index in [9.17, 15) is 4.79 Å². The molecule has 1 aromatic heterocycles. The van der Waals surface area contributed by atoms with Crippen LogP contribution in [0, 0.1) is 0 Å². The molecule has 6 nitrogen and oxygen atoms in total. The SMILES string of the molecule is CC(c1ccccc1)n1c(C2CC(=O)N(c3ccc4c(c3)OCCO4)C2)nc2ccccc21. The number of para-hydroxylation sites is 2. The molecule has 33 heavy (non-hydrogen) atoms. The van der Waals surface area contributed by atoms with Crippen molar-refractivity contribution in [1.29, 1.82) is 0 Å². The summed E-state index contributed by atoms with van der Waals surface area (Å²) < 4.78 is 13.7. The Hall–Kier alpha value is -3.80. The van der Waals surface area contributed by atoms with Gasteiger partial charge in [-0.25, -0.2) is 4.98 Å². The van der Waals surface area contributed by atoms with E-state index in [1.54, 1.807) is 0 Å². The summed E-state index contributed by atoms with van der Waals surface area (Å²) in [5.41, 5.74) is 4.11. The summed E-state index contributed by atoms with van der Waals surface area (Å²) in [6.07, 6.45) is 0.430. The van der Waals surface area contributed by atoms with E-state index in [2.05, 4.69) is 41.8 Å². The minimum absolute atomic E-state index is 0.00395. The zero-order valence-electron chi connectivity index (χ0n) is 18.5. The van der Waals surface area contributed by atoms with Gasteiger partial charge in [0.25, 0.3) is 0 Å². The van der Waals surface area contributed by atoms with Crippen molar-refractivity contribution in [2.75, 3.05) is 24.7 Å². The number of imidazole rings is 1. The Bertz CT molecular complexity index is 1330. The maximum atomic E-state index is 13.1. The van der Waals surface area contributed by atoms with E-state index in [1.807, 2.05) is 47.4 Å². The quantitative estimate of drug-likeness (QED) is 0.452. The van der Waals surface area contributed by atoms with Crippen molar-refractivity contribution in [2.45, 2.75) is 25.3 Å². The predicted octanol–water partition coefficient (Wildman–Crippen LogP) is 4.94. The molecule has 2 unspecified atom stereocenters. The number of fused-ring (bicyclic) bond motifs is 2. The number of ether oxygens (including phenoxy) is 2. The second-order valence-corrected chi connectivity index (χ2v) is 8.65. The zero-order valence-corrected chi connectivity index (χ0v) is 18.5. The normalized spacial score (nSPS) is 18.6. The van der Waals surface area contributed by atoms with Crippen molar-refractivity contribution in [3.63, 3.8) is 0 Å². The molecule has 0 saturated carbocycles. The molecule has 3 aromatic carbocycles. The highest BCUT2D eigenvalue weighted by Gasteiger charge is 2.36. The largest absolute Gasteiger partial charge is 0.486 e. The molecule has 1 fully saturated rings. The van der Waals surface area contributed by atoms with Crippen molar-refractivity contribution >= 4 is 22.6 Å². The molecule has 0 spiro atoms. The van der Waals surface area contributed by atoms with Gasteiger partial charge in [0.15, 0.2) is 11.5 Å². The van der Waals surface area contributed by atoms with Crippen LogP contribution in [0.1, 0.15) is 36.7 Å². The van der Waals surface area contributed by atoms with Crippen LogP contribution in [0.2, 0.25) is 0 Å². The molecule has 0 aliphatic carbocycles. The predicted molar refractivity (Wildman–Crippen MR) is 127 cm³/mol. The van der Waals surface area contributed by atoms with E-state index in [0.717, 1.165) is 28.3 Å². The number of benzene rings is 3. The number of nitrogens with zero attached hydrogens (tertiary/aromatic N) is 3. The second kappa shape index (κ2) is 7.96. The van der Waals surface area contributed by atoms with Crippen LogP contribution < -0.4 is 14.4 Å². The van der Waals surface area contributed by atoms with E-state index >= 15 is 0 Å². The van der Waals surface area contributed by atoms with Gasteiger partial charge in [0, 0.05) is 30.6 Å². The first kappa shape index (κ1) is 19.9. The van der Waals surface area contributed by atoms with Crippen LogP contribution in [0.25, 0.3) is 11.0 Å². The van der Waals surface area contributed by atoms with Crippen LogP contribution in [0.3, 0.4) is 0 Å². The second-order valence-electron chi connectivity index (χ2n) is 8.65. The topological polar surface area (TPSA) is 56.6 Å². The van der Waals surface area contributed by atoms with Gasteiger partial charge in [0.1, 0.15) is 19.0 Å². The Morgan fingerprint density at radius 2 is 1.70 bits per heavy atom. The average molecular weight is 440 g/mol. The lowest BCUT2D eigenvalue weighted by Gasteiger charge is -2.23. The Balaban J connectivity index is 1.38. The summed E-state index contributed by atoms with van der Waals surface area (Å²) >= 11 is 0. The summed E-state index contributed by atoms with van der Waals surface area (Å²) in [4.78, 5) is 20.0. The summed E-state index contributed by atoms with van der Waals surface area (Å²) in [7, 11) is 0. The molecule has 0 N–H and O–H groups in total. The van der Waals surface area contributed by atoms with E-state index in [4.69, 9.17) is 14.5 Å². The third-order valence-corrected chi connectivity index (χ3v) is 6.62. The van der Waals surface area contributed by atoms with E-state index in [-0.39, 0.29) is 17.9 Å². The van der Waals surface area contributed by atoms with Gasteiger partial charge in [-0.2, -0.15) is 0 Å². The number of anilines is 1. The summed E-state index contributed by atoms with van der Waals surface area (Å²) in [5.74, 6) is 2.49. The minimum atomic E-state index is 0.00395. The van der Waals surface area contributed by atoms with Crippen molar-refractivity contribution in [1.82, 2.24) is 9.55 Å². The molecule has 2 aliphatic rings. The summed E-state index contributed by atoms with van der Waals surface area (Å²) in [6.45, 7) is 3.85. The molecule has 6 rings (SSSR count). The van der Waals surface area contributed by atoms with Crippen LogP contribution in [0.5, 0.6) is 11.5 Å². The first-order valence-corrected chi connectivity index (χ1v) is 11.4. The number of hydrogen-bond acceptors (Lipinski definition) is 4. The first-order valence-electron chi connectivity index (χ1n) is 11.4. The van der Waals surface area contributed by atoms with Gasteiger partial charge in [0.05, 0.1) is 17.1 Å². The van der Waals surface area contributed by atoms with E-state index < -0.39 is 0 Å². The van der Waals surface area contributed by atoms with Gasteiger partial charge in [-0.3, -0.25) is 4.79 Å². The molecular weight excluding hydrogens is 414 g/mol. The van der Waals surface area contributed by atoms with Crippen LogP contribution in [0.4, 0.5) is 5.69 Å². The van der Waals surface area contributed by atoms with Crippen molar-refractivity contribution in [3.8, 4) is 11.5 Å². The molecule has 4 aromatic rings. The van der Waals surface area contributed by atoms with Crippen LogP contribution in [0.15, 0.2) is 72.8 Å². The Morgan fingerprint density at radius 1 is 0.939 bits per heavy atom. The fraction of sp³-hybridized carbons (Fsp3) is 0.259. The molecular formula is C27H25N3O3. The fourth-order valence-electron chi connectivity index (χ4n) is 4.97. The lowest BCUT2D eigenvalue weighted by molar-refractivity contribution is -0.117. The molecule has 1 saturated heterocycles. The third kappa shape index (κ3) is 3.42. The maximum Gasteiger partial charge on any atom is 0.227 e. The lowest BCUT2D eigenvalue weighted by atomic mass is 10.0. The summed E-state index contributed by atoms with van der Waals surface area (Å²) in [6, 6.07) is 24.5. The number of hydrogen-bond donors (Lipinski definition) is 0. The lowest BCUT2D eigenvalue weighted by Crippen LogP contribution is -2.25. The molecule has 0 bridgehead atoms. The first-order chi connectivity index (χ1) is 16.2. The fourth-order valence-corrected chi connectivity index (χ4v) is 4.97. The Kier molecular flexibility index (Phi) is 4.79. The number of rotatable bonds is 4. The van der Waals surface area contributed by atoms with Crippen LogP contribution in [-0.2, 0) is 4.79 Å². The number of aromatic nitrogens is 2. The standard InChI is InChI=1S/C27H25N3O3/c1-18(19-7-3-2-4-8-19)30-23-10-6-5-9-22(23)28-27(30)20-15-26(31)29(17-20)21-11-12-24-25(16-21)33-14-13-32-24/h2-12,16,18,20H,13-15,17H2,1H3. The maximum absolute atomic E-state index is 13.1. The van der Waals surface area contributed by atoms with Gasteiger partial charge in [-0.1, -0.05) is 42.5 Å². The van der Waals surface area contributed by atoms with Crippen LogP contribution in [-0.4, -0.2) is 35.2 Å². The van der Waals surface area contributed by atoms with Crippen LogP contribution >= 0.6 is 0 Å². The Labute approximate surface area is 192 Å². The van der Waals surface area contributed by atoms with Gasteiger partial charge in [-0.05, 0) is 36.8 Å². The molecule has 6 heteroatoms. The molecule has 3 heterocycles. The third-order valence-electron chi connectivity index (χ3n) is 6.62. The van der Waals surface area contributed by atoms with E-state index in [1.165, 1.54) is 5.56 Å². The van der Waals surface area contributed by atoms with Gasteiger partial charge >= 0.3 is 0 Å². The molecule has 2 aliphatic heterocycles. The smallest absolute Gasteiger partial charge is 0.227 e. The zero-order chi connectivity index (χ0) is 22.4. The number of carbonyl (C=O) groups is 1. The van der Waals surface area contributed by atoms with Crippen molar-refractivity contribution in [3.05, 3.63) is 84.2 Å².